The molecule has 0 fully saturated rings. The Morgan fingerprint density at radius 1 is 1.09 bits per heavy atom. The number of carbonyl (C=O) groups is 1. The highest BCUT2D eigenvalue weighted by Gasteiger charge is 2.18. The molecule has 0 atom stereocenters. The minimum Gasteiger partial charge on any atom is -0.324 e. The van der Waals surface area contributed by atoms with Crippen molar-refractivity contribution in [3.05, 3.63) is 53.3 Å². The Balaban J connectivity index is 2.37. The van der Waals surface area contributed by atoms with Crippen LogP contribution in [0.1, 0.15) is 18.1 Å². The van der Waals surface area contributed by atoms with E-state index in [9.17, 15) is 17.6 Å². The SMILES string of the molecule is CC(=O)Nc1cc(NS(=O)(=O)c2cc(C)ccc2C)ccc1F. The van der Waals surface area contributed by atoms with E-state index in [1.165, 1.54) is 19.1 Å². The number of rotatable bonds is 4. The highest BCUT2D eigenvalue weighted by molar-refractivity contribution is 7.92. The van der Waals surface area contributed by atoms with E-state index >= 15 is 0 Å². The van der Waals surface area contributed by atoms with Gasteiger partial charge in [0.1, 0.15) is 5.82 Å². The van der Waals surface area contributed by atoms with Gasteiger partial charge < -0.3 is 5.32 Å². The van der Waals surface area contributed by atoms with Gasteiger partial charge in [0.15, 0.2) is 0 Å². The summed E-state index contributed by atoms with van der Waals surface area (Å²) in [6.45, 7) is 4.74. The Bertz CT molecular complexity index is 864. The van der Waals surface area contributed by atoms with Gasteiger partial charge in [-0.15, -0.1) is 0 Å². The molecular formula is C16H17FN2O3S. The van der Waals surface area contributed by atoms with Crippen LogP contribution in [0.25, 0.3) is 0 Å². The lowest BCUT2D eigenvalue weighted by molar-refractivity contribution is -0.114. The molecule has 2 rings (SSSR count). The molecule has 2 N–H and O–H groups in total. The number of aryl methyl sites for hydroxylation is 2. The first kappa shape index (κ1) is 17.0. The Kier molecular flexibility index (Phi) is 4.70. The molecule has 0 aliphatic rings. The summed E-state index contributed by atoms with van der Waals surface area (Å²) in [5, 5.41) is 2.31. The van der Waals surface area contributed by atoms with Gasteiger partial charge in [-0.05, 0) is 49.2 Å². The molecule has 7 heteroatoms. The highest BCUT2D eigenvalue weighted by Crippen LogP contribution is 2.24. The summed E-state index contributed by atoms with van der Waals surface area (Å²) in [6.07, 6.45) is 0. The van der Waals surface area contributed by atoms with Crippen LogP contribution >= 0.6 is 0 Å². The Morgan fingerprint density at radius 2 is 1.78 bits per heavy atom. The Morgan fingerprint density at radius 3 is 2.43 bits per heavy atom. The van der Waals surface area contributed by atoms with Gasteiger partial charge in [-0.25, -0.2) is 12.8 Å². The van der Waals surface area contributed by atoms with E-state index in [1.54, 1.807) is 26.0 Å². The van der Waals surface area contributed by atoms with E-state index in [1.807, 2.05) is 6.07 Å². The predicted molar refractivity (Wildman–Crippen MR) is 87.4 cm³/mol. The average Bonchev–Trinajstić information content (AvgIpc) is 2.44. The fraction of sp³-hybridized carbons (Fsp3) is 0.188. The zero-order valence-corrected chi connectivity index (χ0v) is 13.8. The lowest BCUT2D eigenvalue weighted by atomic mass is 10.2. The molecule has 122 valence electrons. The number of benzene rings is 2. The molecule has 0 aliphatic carbocycles. The molecular weight excluding hydrogens is 319 g/mol. The van der Waals surface area contributed by atoms with E-state index in [0.29, 0.717) is 5.56 Å². The summed E-state index contributed by atoms with van der Waals surface area (Å²) in [5.41, 5.74) is 1.50. The fourth-order valence-corrected chi connectivity index (χ4v) is 3.46. The smallest absolute Gasteiger partial charge is 0.262 e. The zero-order valence-electron chi connectivity index (χ0n) is 13.0. The van der Waals surface area contributed by atoms with Crippen molar-refractivity contribution in [1.82, 2.24) is 0 Å². The van der Waals surface area contributed by atoms with Gasteiger partial charge in [-0.1, -0.05) is 12.1 Å². The maximum atomic E-state index is 13.6. The molecule has 1 amide bonds. The van der Waals surface area contributed by atoms with Gasteiger partial charge >= 0.3 is 0 Å². The molecule has 23 heavy (non-hydrogen) atoms. The Labute approximate surface area is 134 Å². The second-order valence-corrected chi connectivity index (χ2v) is 6.90. The molecule has 0 spiro atoms. The summed E-state index contributed by atoms with van der Waals surface area (Å²) >= 11 is 0. The Hall–Kier alpha value is -2.41. The van der Waals surface area contributed by atoms with E-state index in [0.717, 1.165) is 11.6 Å². The van der Waals surface area contributed by atoms with E-state index in [4.69, 9.17) is 0 Å². The quantitative estimate of drug-likeness (QED) is 0.900. The molecule has 0 heterocycles. The summed E-state index contributed by atoms with van der Waals surface area (Å²) in [5.74, 6) is -1.09. The van der Waals surface area contributed by atoms with Gasteiger partial charge in [0.25, 0.3) is 10.0 Å². The molecule has 0 aliphatic heterocycles. The van der Waals surface area contributed by atoms with Crippen LogP contribution in [0, 0.1) is 19.7 Å². The minimum atomic E-state index is -3.81. The van der Waals surface area contributed by atoms with Crippen molar-refractivity contribution in [1.29, 1.82) is 0 Å². The molecule has 0 aromatic heterocycles. The van der Waals surface area contributed by atoms with Gasteiger partial charge in [0.2, 0.25) is 5.91 Å². The number of nitrogens with one attached hydrogen (secondary N) is 2. The van der Waals surface area contributed by atoms with Crippen molar-refractivity contribution in [3.8, 4) is 0 Å². The maximum absolute atomic E-state index is 13.6. The van der Waals surface area contributed by atoms with Crippen molar-refractivity contribution in [3.63, 3.8) is 0 Å². The number of hydrogen-bond acceptors (Lipinski definition) is 3. The second kappa shape index (κ2) is 6.37. The molecule has 0 bridgehead atoms. The number of hydrogen-bond donors (Lipinski definition) is 2. The van der Waals surface area contributed by atoms with Crippen LogP contribution in [-0.2, 0) is 14.8 Å². The summed E-state index contributed by atoms with van der Waals surface area (Å²) in [7, 11) is -3.81. The van der Waals surface area contributed by atoms with E-state index in [2.05, 4.69) is 10.0 Å². The first-order valence-electron chi connectivity index (χ1n) is 6.86. The van der Waals surface area contributed by atoms with Crippen molar-refractivity contribution < 1.29 is 17.6 Å². The van der Waals surface area contributed by atoms with Crippen molar-refractivity contribution >= 4 is 27.3 Å². The number of amides is 1. The summed E-state index contributed by atoms with van der Waals surface area (Å²) < 4.78 is 41.0. The summed E-state index contributed by atoms with van der Waals surface area (Å²) in [6, 6.07) is 8.73. The molecule has 2 aromatic carbocycles. The largest absolute Gasteiger partial charge is 0.324 e. The minimum absolute atomic E-state index is 0.0846. The third kappa shape index (κ3) is 4.07. The van der Waals surface area contributed by atoms with Crippen LogP contribution in [-0.4, -0.2) is 14.3 Å². The molecule has 0 radical (unpaired) electrons. The fourth-order valence-electron chi connectivity index (χ4n) is 2.08. The van der Waals surface area contributed by atoms with E-state index < -0.39 is 21.7 Å². The molecule has 2 aromatic rings. The molecule has 0 saturated heterocycles. The summed E-state index contributed by atoms with van der Waals surface area (Å²) in [4.78, 5) is 11.2. The normalized spacial score (nSPS) is 11.1. The standard InChI is InChI=1S/C16H17FN2O3S/c1-10-4-5-11(2)16(8-10)23(21,22)19-13-6-7-14(17)15(9-13)18-12(3)20/h4-9,19H,1-3H3,(H,18,20). The predicted octanol–water partition coefficient (Wildman–Crippen LogP) is 3.20. The molecule has 0 saturated carbocycles. The van der Waals surface area contributed by atoms with E-state index in [-0.39, 0.29) is 16.3 Å². The van der Waals surface area contributed by atoms with Crippen LogP contribution in [0.4, 0.5) is 15.8 Å². The number of carbonyl (C=O) groups excluding carboxylic acids is 1. The van der Waals surface area contributed by atoms with Gasteiger partial charge in [0.05, 0.1) is 16.3 Å². The topological polar surface area (TPSA) is 75.3 Å². The first-order chi connectivity index (χ1) is 10.7. The monoisotopic (exact) mass is 336 g/mol. The highest BCUT2D eigenvalue weighted by atomic mass is 32.2. The second-order valence-electron chi connectivity index (χ2n) is 5.25. The van der Waals surface area contributed by atoms with Crippen LogP contribution in [0.5, 0.6) is 0 Å². The number of sulfonamides is 1. The number of halogens is 1. The van der Waals surface area contributed by atoms with Crippen LogP contribution in [0.15, 0.2) is 41.3 Å². The third-order valence-electron chi connectivity index (χ3n) is 3.16. The van der Waals surface area contributed by atoms with Crippen LogP contribution in [0.2, 0.25) is 0 Å². The number of anilines is 2. The molecule has 0 unspecified atom stereocenters. The van der Waals surface area contributed by atoms with Gasteiger partial charge in [-0.2, -0.15) is 0 Å². The van der Waals surface area contributed by atoms with Crippen molar-refractivity contribution in [2.24, 2.45) is 0 Å². The maximum Gasteiger partial charge on any atom is 0.262 e. The molecule has 5 nitrogen and oxygen atoms in total. The van der Waals surface area contributed by atoms with Crippen molar-refractivity contribution in [2.45, 2.75) is 25.7 Å². The van der Waals surface area contributed by atoms with Gasteiger partial charge in [-0.3, -0.25) is 9.52 Å². The average molecular weight is 336 g/mol. The zero-order chi connectivity index (χ0) is 17.2. The lowest BCUT2D eigenvalue weighted by Gasteiger charge is -2.12. The van der Waals surface area contributed by atoms with Crippen LogP contribution < -0.4 is 10.0 Å². The van der Waals surface area contributed by atoms with Crippen molar-refractivity contribution in [2.75, 3.05) is 10.0 Å². The first-order valence-corrected chi connectivity index (χ1v) is 8.34. The van der Waals surface area contributed by atoms with Gasteiger partial charge in [0, 0.05) is 6.92 Å². The van der Waals surface area contributed by atoms with Crippen LogP contribution in [0.3, 0.4) is 0 Å². The lowest BCUT2D eigenvalue weighted by Crippen LogP contribution is -2.15. The third-order valence-corrected chi connectivity index (χ3v) is 4.69.